The summed E-state index contributed by atoms with van der Waals surface area (Å²) in [5.74, 6) is 2.13. The molecule has 3 rings (SSSR count). The van der Waals surface area contributed by atoms with Crippen molar-refractivity contribution in [1.29, 1.82) is 0 Å². The SMILES string of the molecule is COc1ccc2cc(CN(C)CC(=O)NCc3ccc(OC)c(OC)c3)ccc2c1. The zero-order chi connectivity index (χ0) is 21.5. The van der Waals surface area contributed by atoms with Gasteiger partial charge in [0, 0.05) is 13.1 Å². The van der Waals surface area contributed by atoms with Crippen molar-refractivity contribution in [1.82, 2.24) is 10.2 Å². The maximum absolute atomic E-state index is 12.4. The molecular formula is C24H28N2O4. The molecular weight excluding hydrogens is 380 g/mol. The number of ether oxygens (including phenoxy) is 3. The van der Waals surface area contributed by atoms with Crippen molar-refractivity contribution in [3.63, 3.8) is 0 Å². The van der Waals surface area contributed by atoms with Crippen molar-refractivity contribution in [2.24, 2.45) is 0 Å². The molecule has 1 amide bonds. The predicted octanol–water partition coefficient (Wildman–Crippen LogP) is 3.61. The third-order valence-electron chi connectivity index (χ3n) is 4.92. The van der Waals surface area contributed by atoms with Crippen LogP contribution in [0.2, 0.25) is 0 Å². The van der Waals surface area contributed by atoms with E-state index in [1.54, 1.807) is 21.3 Å². The summed E-state index contributed by atoms with van der Waals surface area (Å²) in [6, 6.07) is 17.9. The number of carbonyl (C=O) groups is 1. The Hall–Kier alpha value is -3.25. The van der Waals surface area contributed by atoms with Gasteiger partial charge >= 0.3 is 0 Å². The molecule has 158 valence electrons. The molecule has 0 atom stereocenters. The lowest BCUT2D eigenvalue weighted by atomic mass is 10.1. The van der Waals surface area contributed by atoms with Gasteiger partial charge < -0.3 is 19.5 Å². The minimum absolute atomic E-state index is 0.0298. The van der Waals surface area contributed by atoms with E-state index in [4.69, 9.17) is 14.2 Å². The zero-order valence-corrected chi connectivity index (χ0v) is 17.9. The molecule has 0 aromatic heterocycles. The van der Waals surface area contributed by atoms with Crippen LogP contribution < -0.4 is 19.5 Å². The average Bonchev–Trinajstić information content (AvgIpc) is 2.76. The number of likely N-dealkylation sites (N-methyl/N-ethyl adjacent to an activating group) is 1. The summed E-state index contributed by atoms with van der Waals surface area (Å²) in [7, 11) is 6.80. The van der Waals surface area contributed by atoms with Gasteiger partial charge in [-0.3, -0.25) is 9.69 Å². The van der Waals surface area contributed by atoms with Gasteiger partial charge in [0.05, 0.1) is 27.9 Å². The first kappa shape index (κ1) is 21.5. The van der Waals surface area contributed by atoms with Gasteiger partial charge in [0.2, 0.25) is 5.91 Å². The van der Waals surface area contributed by atoms with E-state index in [0.717, 1.165) is 27.6 Å². The molecule has 0 heterocycles. The molecule has 0 spiro atoms. The Morgan fingerprint density at radius 1 is 0.833 bits per heavy atom. The molecule has 3 aromatic rings. The maximum Gasteiger partial charge on any atom is 0.234 e. The maximum atomic E-state index is 12.4. The summed E-state index contributed by atoms with van der Waals surface area (Å²) < 4.78 is 15.8. The van der Waals surface area contributed by atoms with Crippen LogP contribution in [0.25, 0.3) is 10.8 Å². The lowest BCUT2D eigenvalue weighted by molar-refractivity contribution is -0.122. The molecule has 1 N–H and O–H groups in total. The van der Waals surface area contributed by atoms with Crippen LogP contribution in [0.3, 0.4) is 0 Å². The van der Waals surface area contributed by atoms with Gasteiger partial charge in [-0.05, 0) is 59.3 Å². The van der Waals surface area contributed by atoms with Gasteiger partial charge in [-0.2, -0.15) is 0 Å². The van der Waals surface area contributed by atoms with Crippen molar-refractivity contribution >= 4 is 16.7 Å². The summed E-state index contributed by atoms with van der Waals surface area (Å²) in [4.78, 5) is 14.3. The Morgan fingerprint density at radius 3 is 2.27 bits per heavy atom. The molecule has 0 bridgehead atoms. The largest absolute Gasteiger partial charge is 0.497 e. The highest BCUT2D eigenvalue weighted by molar-refractivity contribution is 5.84. The lowest BCUT2D eigenvalue weighted by Crippen LogP contribution is -2.34. The Balaban J connectivity index is 1.53. The van der Waals surface area contributed by atoms with E-state index >= 15 is 0 Å². The number of carbonyl (C=O) groups excluding carboxylic acids is 1. The summed E-state index contributed by atoms with van der Waals surface area (Å²) in [5.41, 5.74) is 2.11. The van der Waals surface area contributed by atoms with Crippen LogP contribution >= 0.6 is 0 Å². The van der Waals surface area contributed by atoms with Gasteiger partial charge in [0.15, 0.2) is 11.5 Å². The molecule has 0 aliphatic carbocycles. The van der Waals surface area contributed by atoms with Crippen LogP contribution in [0.1, 0.15) is 11.1 Å². The average molecular weight is 408 g/mol. The molecule has 30 heavy (non-hydrogen) atoms. The van der Waals surface area contributed by atoms with E-state index in [0.29, 0.717) is 31.1 Å². The molecule has 6 heteroatoms. The number of amides is 1. The lowest BCUT2D eigenvalue weighted by Gasteiger charge is -2.17. The van der Waals surface area contributed by atoms with Crippen LogP contribution in [-0.4, -0.2) is 45.7 Å². The van der Waals surface area contributed by atoms with Crippen molar-refractivity contribution in [3.8, 4) is 17.2 Å². The van der Waals surface area contributed by atoms with Crippen LogP contribution in [0, 0.1) is 0 Å². The number of nitrogens with one attached hydrogen (secondary N) is 1. The molecule has 0 fully saturated rings. The highest BCUT2D eigenvalue weighted by atomic mass is 16.5. The van der Waals surface area contributed by atoms with Gasteiger partial charge in [-0.25, -0.2) is 0 Å². The first-order chi connectivity index (χ1) is 14.5. The Morgan fingerprint density at radius 2 is 1.53 bits per heavy atom. The topological polar surface area (TPSA) is 60.0 Å². The van der Waals surface area contributed by atoms with E-state index in [-0.39, 0.29) is 5.91 Å². The van der Waals surface area contributed by atoms with Gasteiger partial charge in [0.25, 0.3) is 0 Å². The highest BCUT2D eigenvalue weighted by Crippen LogP contribution is 2.27. The second-order valence-corrected chi connectivity index (χ2v) is 7.19. The number of methoxy groups -OCH3 is 3. The molecule has 0 saturated carbocycles. The Kier molecular flexibility index (Phi) is 7.14. The van der Waals surface area contributed by atoms with E-state index in [9.17, 15) is 4.79 Å². The summed E-state index contributed by atoms with van der Waals surface area (Å²) in [6.07, 6.45) is 0. The van der Waals surface area contributed by atoms with E-state index in [1.807, 2.05) is 48.3 Å². The van der Waals surface area contributed by atoms with E-state index < -0.39 is 0 Å². The van der Waals surface area contributed by atoms with Crippen molar-refractivity contribution in [2.75, 3.05) is 34.9 Å². The molecule has 0 aliphatic heterocycles. The fourth-order valence-corrected chi connectivity index (χ4v) is 3.36. The second kappa shape index (κ2) is 9.98. The summed E-state index contributed by atoms with van der Waals surface area (Å²) >= 11 is 0. The zero-order valence-electron chi connectivity index (χ0n) is 17.9. The number of benzene rings is 3. The number of rotatable bonds is 9. The molecule has 3 aromatic carbocycles. The fraction of sp³-hybridized carbons (Fsp3) is 0.292. The number of hydrogen-bond acceptors (Lipinski definition) is 5. The monoisotopic (exact) mass is 408 g/mol. The van der Waals surface area contributed by atoms with Gasteiger partial charge in [-0.15, -0.1) is 0 Å². The van der Waals surface area contributed by atoms with Crippen LogP contribution in [0.15, 0.2) is 54.6 Å². The molecule has 0 aliphatic rings. The number of nitrogens with zero attached hydrogens (tertiary/aromatic N) is 1. The third kappa shape index (κ3) is 5.42. The summed E-state index contributed by atoms with van der Waals surface area (Å²) in [5, 5.41) is 5.24. The first-order valence-electron chi connectivity index (χ1n) is 9.75. The van der Waals surface area contributed by atoms with Crippen molar-refractivity contribution in [3.05, 3.63) is 65.7 Å². The smallest absolute Gasteiger partial charge is 0.234 e. The normalized spacial score (nSPS) is 10.8. The van der Waals surface area contributed by atoms with Crippen LogP contribution in [0.4, 0.5) is 0 Å². The third-order valence-corrected chi connectivity index (χ3v) is 4.92. The van der Waals surface area contributed by atoms with Gasteiger partial charge in [-0.1, -0.05) is 24.3 Å². The number of hydrogen-bond donors (Lipinski definition) is 1. The molecule has 6 nitrogen and oxygen atoms in total. The highest BCUT2D eigenvalue weighted by Gasteiger charge is 2.09. The molecule has 0 saturated heterocycles. The quantitative estimate of drug-likeness (QED) is 0.586. The van der Waals surface area contributed by atoms with Crippen LogP contribution in [-0.2, 0) is 17.9 Å². The standard InChI is InChI=1S/C24H28N2O4/c1-26(15-18-5-7-20-13-21(28-2)9-8-19(20)11-18)16-24(27)25-14-17-6-10-22(29-3)23(12-17)30-4/h5-13H,14-16H2,1-4H3,(H,25,27). The minimum Gasteiger partial charge on any atom is -0.497 e. The minimum atomic E-state index is -0.0298. The Bertz CT molecular complexity index is 1020. The first-order valence-corrected chi connectivity index (χ1v) is 9.75. The predicted molar refractivity (Wildman–Crippen MR) is 118 cm³/mol. The van der Waals surface area contributed by atoms with E-state index in [2.05, 4.69) is 23.5 Å². The number of fused-ring (bicyclic) bond motifs is 1. The molecule has 0 unspecified atom stereocenters. The Labute approximate surface area is 177 Å². The van der Waals surface area contributed by atoms with Crippen molar-refractivity contribution in [2.45, 2.75) is 13.1 Å². The second-order valence-electron chi connectivity index (χ2n) is 7.19. The van der Waals surface area contributed by atoms with Crippen molar-refractivity contribution < 1.29 is 19.0 Å². The van der Waals surface area contributed by atoms with Gasteiger partial charge in [0.1, 0.15) is 5.75 Å². The molecule has 0 radical (unpaired) electrons. The van der Waals surface area contributed by atoms with Crippen LogP contribution in [0.5, 0.6) is 17.2 Å². The summed E-state index contributed by atoms with van der Waals surface area (Å²) in [6.45, 7) is 1.44. The fourth-order valence-electron chi connectivity index (χ4n) is 3.36. The van der Waals surface area contributed by atoms with E-state index in [1.165, 1.54) is 0 Å².